The number of hydrogen-bond acceptors (Lipinski definition) is 2. The Bertz CT molecular complexity index is 327. The molecule has 0 aliphatic heterocycles. The quantitative estimate of drug-likeness (QED) is 0.790. The van der Waals surface area contributed by atoms with Crippen molar-refractivity contribution in [3.8, 4) is 0 Å². The van der Waals surface area contributed by atoms with E-state index in [9.17, 15) is 13.2 Å². The summed E-state index contributed by atoms with van der Waals surface area (Å²) in [6, 6.07) is 0. The van der Waals surface area contributed by atoms with Crippen LogP contribution in [-0.2, 0) is 0 Å². The fourth-order valence-corrected chi connectivity index (χ4v) is 0.876. The Morgan fingerprint density at radius 1 is 1.64 bits per heavy atom. The summed E-state index contributed by atoms with van der Waals surface area (Å²) in [7, 11) is 0. The summed E-state index contributed by atoms with van der Waals surface area (Å²) in [6.07, 6.45) is -2.81. The van der Waals surface area contributed by atoms with Crippen molar-refractivity contribution in [1.82, 2.24) is 15.3 Å². The predicted molar refractivity (Wildman–Crippen MR) is 46.4 cm³/mol. The van der Waals surface area contributed by atoms with Crippen molar-refractivity contribution in [2.75, 3.05) is 6.54 Å². The predicted octanol–water partition coefficient (Wildman–Crippen LogP) is 1.84. The van der Waals surface area contributed by atoms with Crippen LogP contribution in [0, 0.1) is 6.92 Å². The maximum Gasteiger partial charge on any atom is 0.405 e. The van der Waals surface area contributed by atoms with Crippen LogP contribution in [0.15, 0.2) is 12.8 Å². The highest BCUT2D eigenvalue weighted by molar-refractivity contribution is 5.57. The van der Waals surface area contributed by atoms with E-state index in [0.29, 0.717) is 11.5 Å². The van der Waals surface area contributed by atoms with Crippen molar-refractivity contribution < 1.29 is 13.2 Å². The largest absolute Gasteiger partial charge is 0.405 e. The molecule has 1 aromatic heterocycles. The molecule has 14 heavy (non-hydrogen) atoms. The third-order valence-corrected chi connectivity index (χ3v) is 1.53. The first-order chi connectivity index (χ1) is 6.38. The van der Waals surface area contributed by atoms with Crippen molar-refractivity contribution >= 4 is 5.70 Å². The summed E-state index contributed by atoms with van der Waals surface area (Å²) in [5.74, 6) is 0.634. The van der Waals surface area contributed by atoms with Crippen LogP contribution in [0.3, 0.4) is 0 Å². The van der Waals surface area contributed by atoms with E-state index in [2.05, 4.69) is 21.9 Å². The smallest absolute Gasteiger partial charge is 0.375 e. The van der Waals surface area contributed by atoms with Crippen molar-refractivity contribution in [2.45, 2.75) is 13.1 Å². The van der Waals surface area contributed by atoms with Crippen LogP contribution in [0.25, 0.3) is 5.70 Å². The van der Waals surface area contributed by atoms with E-state index in [1.165, 1.54) is 6.20 Å². The summed E-state index contributed by atoms with van der Waals surface area (Å²) in [5.41, 5.74) is 0.648. The van der Waals surface area contributed by atoms with Crippen LogP contribution >= 0.6 is 0 Å². The molecule has 0 aromatic carbocycles. The molecule has 0 aliphatic rings. The minimum Gasteiger partial charge on any atom is -0.375 e. The molecule has 6 heteroatoms. The number of aromatic nitrogens is 2. The van der Waals surface area contributed by atoms with Gasteiger partial charge in [-0.15, -0.1) is 0 Å². The van der Waals surface area contributed by atoms with E-state index in [0.717, 1.165) is 0 Å². The lowest BCUT2D eigenvalue weighted by Crippen LogP contribution is -2.27. The lowest BCUT2D eigenvalue weighted by atomic mass is 10.3. The van der Waals surface area contributed by atoms with Crippen LogP contribution in [0.4, 0.5) is 13.2 Å². The number of H-pyrrole nitrogens is 1. The summed E-state index contributed by atoms with van der Waals surface area (Å²) in [4.78, 5) is 6.62. The Labute approximate surface area is 79.0 Å². The average Bonchev–Trinajstić information content (AvgIpc) is 2.46. The standard InChI is InChI=1S/C8H10F3N3/c1-5(13-4-8(9,10)11)7-3-12-6(2)14-7/h3,13H,1,4H2,2H3,(H,12,14). The number of hydrogen-bond donors (Lipinski definition) is 2. The van der Waals surface area contributed by atoms with Gasteiger partial charge in [0, 0.05) is 0 Å². The minimum absolute atomic E-state index is 0.183. The molecule has 78 valence electrons. The maximum absolute atomic E-state index is 11.8. The Hall–Kier alpha value is -1.46. The Morgan fingerprint density at radius 3 is 2.71 bits per heavy atom. The van der Waals surface area contributed by atoms with Crippen molar-refractivity contribution in [1.29, 1.82) is 0 Å². The summed E-state index contributed by atoms with van der Waals surface area (Å²) in [6.45, 7) is 4.07. The van der Waals surface area contributed by atoms with Crippen LogP contribution in [0.5, 0.6) is 0 Å². The molecule has 0 aliphatic carbocycles. The van der Waals surface area contributed by atoms with Gasteiger partial charge in [-0.25, -0.2) is 4.98 Å². The van der Waals surface area contributed by atoms with Crippen LogP contribution in [0.1, 0.15) is 11.5 Å². The number of aryl methyl sites for hydroxylation is 1. The van der Waals surface area contributed by atoms with Gasteiger partial charge in [0.2, 0.25) is 0 Å². The maximum atomic E-state index is 11.8. The summed E-state index contributed by atoms with van der Waals surface area (Å²) in [5, 5.41) is 2.16. The zero-order chi connectivity index (χ0) is 10.8. The molecule has 0 radical (unpaired) electrons. The van der Waals surface area contributed by atoms with E-state index in [-0.39, 0.29) is 5.70 Å². The second kappa shape index (κ2) is 3.73. The van der Waals surface area contributed by atoms with Gasteiger partial charge in [-0.05, 0) is 6.92 Å². The minimum atomic E-state index is -4.24. The SMILES string of the molecule is C=C(NCC(F)(F)F)c1cnc(C)[nH]1. The van der Waals surface area contributed by atoms with Gasteiger partial charge in [0.1, 0.15) is 12.4 Å². The first-order valence-corrected chi connectivity index (χ1v) is 3.90. The van der Waals surface area contributed by atoms with Gasteiger partial charge in [-0.3, -0.25) is 0 Å². The second-order valence-corrected chi connectivity index (χ2v) is 2.83. The highest BCUT2D eigenvalue weighted by Crippen LogP contribution is 2.14. The fraction of sp³-hybridized carbons (Fsp3) is 0.375. The van der Waals surface area contributed by atoms with Gasteiger partial charge in [-0.2, -0.15) is 13.2 Å². The highest BCUT2D eigenvalue weighted by atomic mass is 19.4. The number of aromatic amines is 1. The first-order valence-electron chi connectivity index (χ1n) is 3.90. The molecule has 0 bridgehead atoms. The van der Waals surface area contributed by atoms with Gasteiger partial charge in [-0.1, -0.05) is 6.58 Å². The lowest BCUT2D eigenvalue weighted by Gasteiger charge is -2.10. The molecule has 0 saturated heterocycles. The topological polar surface area (TPSA) is 40.7 Å². The van der Waals surface area contributed by atoms with Crippen molar-refractivity contribution in [3.63, 3.8) is 0 Å². The van der Waals surface area contributed by atoms with Crippen molar-refractivity contribution in [2.24, 2.45) is 0 Å². The lowest BCUT2D eigenvalue weighted by molar-refractivity contribution is -0.122. The molecule has 0 atom stereocenters. The van der Waals surface area contributed by atoms with E-state index >= 15 is 0 Å². The molecular weight excluding hydrogens is 195 g/mol. The Morgan fingerprint density at radius 2 is 2.29 bits per heavy atom. The third-order valence-electron chi connectivity index (χ3n) is 1.53. The molecule has 1 aromatic rings. The van der Waals surface area contributed by atoms with E-state index in [1.807, 2.05) is 0 Å². The van der Waals surface area contributed by atoms with E-state index in [4.69, 9.17) is 0 Å². The molecule has 0 spiro atoms. The van der Waals surface area contributed by atoms with Gasteiger partial charge < -0.3 is 10.3 Å². The van der Waals surface area contributed by atoms with Gasteiger partial charge >= 0.3 is 6.18 Å². The Balaban J connectivity index is 2.52. The molecular formula is C8H10F3N3. The molecule has 0 saturated carbocycles. The van der Waals surface area contributed by atoms with E-state index in [1.54, 1.807) is 6.92 Å². The van der Waals surface area contributed by atoms with Crippen molar-refractivity contribution in [3.05, 3.63) is 24.3 Å². The average molecular weight is 205 g/mol. The number of rotatable bonds is 3. The summed E-state index contributed by atoms with van der Waals surface area (Å²) >= 11 is 0. The first kappa shape index (κ1) is 10.6. The normalized spacial score (nSPS) is 11.4. The van der Waals surface area contributed by atoms with E-state index < -0.39 is 12.7 Å². The molecule has 0 unspecified atom stereocenters. The van der Waals surface area contributed by atoms with Crippen LogP contribution < -0.4 is 5.32 Å². The van der Waals surface area contributed by atoms with Gasteiger partial charge in [0.05, 0.1) is 17.6 Å². The number of nitrogens with zero attached hydrogens (tertiary/aromatic N) is 1. The molecule has 0 amide bonds. The van der Waals surface area contributed by atoms with Gasteiger partial charge in [0.25, 0.3) is 0 Å². The number of nitrogens with one attached hydrogen (secondary N) is 2. The Kier molecular flexibility index (Phi) is 2.83. The molecule has 1 rings (SSSR count). The number of alkyl halides is 3. The zero-order valence-electron chi connectivity index (χ0n) is 7.57. The molecule has 3 nitrogen and oxygen atoms in total. The molecule has 1 heterocycles. The monoisotopic (exact) mass is 205 g/mol. The molecule has 2 N–H and O–H groups in total. The van der Waals surface area contributed by atoms with Gasteiger partial charge in [0.15, 0.2) is 0 Å². The van der Waals surface area contributed by atoms with Crippen LogP contribution in [0.2, 0.25) is 0 Å². The summed E-state index contributed by atoms with van der Waals surface area (Å²) < 4.78 is 35.4. The number of imidazole rings is 1. The second-order valence-electron chi connectivity index (χ2n) is 2.83. The van der Waals surface area contributed by atoms with Crippen LogP contribution in [-0.4, -0.2) is 22.7 Å². The highest BCUT2D eigenvalue weighted by Gasteiger charge is 2.26. The third kappa shape index (κ3) is 3.12. The number of halogens is 3. The fourth-order valence-electron chi connectivity index (χ4n) is 0.876. The zero-order valence-corrected chi connectivity index (χ0v) is 7.57. The molecule has 0 fully saturated rings.